The maximum absolute atomic E-state index is 10.9. The van der Waals surface area contributed by atoms with Gasteiger partial charge in [0.2, 0.25) is 0 Å². The molecule has 0 radical (unpaired) electrons. The summed E-state index contributed by atoms with van der Waals surface area (Å²) in [7, 11) is 0. The van der Waals surface area contributed by atoms with E-state index < -0.39 is 0 Å². The monoisotopic (exact) mass is 240 g/mol. The van der Waals surface area contributed by atoms with E-state index in [1.807, 2.05) is 0 Å². The van der Waals surface area contributed by atoms with E-state index in [2.05, 4.69) is 25.9 Å². The Bertz CT molecular complexity index is 521. The molecule has 0 spiro atoms. The van der Waals surface area contributed by atoms with Crippen LogP contribution >= 0.6 is 15.9 Å². The predicted molar refractivity (Wildman–Crippen MR) is 51.7 cm³/mol. The van der Waals surface area contributed by atoms with Crippen LogP contribution in [-0.4, -0.2) is 15.1 Å². The summed E-state index contributed by atoms with van der Waals surface area (Å²) in [5.41, 5.74) is 0.566. The van der Waals surface area contributed by atoms with E-state index in [-0.39, 0.29) is 11.3 Å². The first-order chi connectivity index (χ1) is 6.16. The number of aromatic hydroxyl groups is 1. The van der Waals surface area contributed by atoms with E-state index in [4.69, 9.17) is 0 Å². The van der Waals surface area contributed by atoms with Crippen molar-refractivity contribution in [2.24, 2.45) is 0 Å². The molecule has 0 atom stereocenters. The first-order valence-corrected chi connectivity index (χ1v) is 4.34. The van der Waals surface area contributed by atoms with E-state index in [1.54, 1.807) is 12.1 Å². The van der Waals surface area contributed by atoms with Gasteiger partial charge in [0.15, 0.2) is 0 Å². The third-order valence-corrected chi connectivity index (χ3v) is 2.07. The number of H-pyrrole nitrogens is 1. The van der Waals surface area contributed by atoms with Crippen LogP contribution in [0.25, 0.3) is 11.0 Å². The Morgan fingerprint density at radius 1 is 1.46 bits per heavy atom. The molecule has 0 aliphatic carbocycles. The van der Waals surface area contributed by atoms with Gasteiger partial charge in [-0.25, -0.2) is 4.98 Å². The molecule has 2 N–H and O–H groups in total. The smallest absolute Gasteiger partial charge is 0.252 e. The van der Waals surface area contributed by atoms with Crippen molar-refractivity contribution in [3.8, 4) is 5.75 Å². The second-order valence-corrected chi connectivity index (χ2v) is 3.36. The molecule has 0 fully saturated rings. The number of aromatic amines is 1. The molecule has 0 aliphatic rings. The van der Waals surface area contributed by atoms with E-state index >= 15 is 0 Å². The van der Waals surface area contributed by atoms with Crippen LogP contribution < -0.4 is 5.56 Å². The zero-order valence-electron chi connectivity index (χ0n) is 6.41. The maximum atomic E-state index is 10.9. The number of nitrogens with one attached hydrogen (secondary N) is 1. The molecule has 2 heterocycles. The zero-order valence-corrected chi connectivity index (χ0v) is 8.00. The van der Waals surface area contributed by atoms with E-state index in [0.29, 0.717) is 15.6 Å². The van der Waals surface area contributed by atoms with Crippen molar-refractivity contribution in [1.29, 1.82) is 0 Å². The first kappa shape index (κ1) is 8.25. The molecule has 0 unspecified atom stereocenters. The van der Waals surface area contributed by atoms with Crippen molar-refractivity contribution in [2.75, 3.05) is 0 Å². The van der Waals surface area contributed by atoms with Crippen LogP contribution in [-0.2, 0) is 0 Å². The molecule has 2 aromatic heterocycles. The SMILES string of the molecule is O=c1cc(O)c2nc(Br)ccc2[nH]1. The topological polar surface area (TPSA) is 66.0 Å². The number of aromatic nitrogens is 2. The molecular formula is C8H5BrN2O2. The van der Waals surface area contributed by atoms with E-state index in [9.17, 15) is 9.90 Å². The van der Waals surface area contributed by atoms with E-state index in [1.165, 1.54) is 0 Å². The summed E-state index contributed by atoms with van der Waals surface area (Å²) in [6.07, 6.45) is 0. The number of halogens is 1. The number of pyridine rings is 2. The lowest BCUT2D eigenvalue weighted by Gasteiger charge is -1.98. The fourth-order valence-electron chi connectivity index (χ4n) is 1.09. The molecule has 4 nitrogen and oxygen atoms in total. The molecular weight excluding hydrogens is 236 g/mol. The number of hydrogen-bond acceptors (Lipinski definition) is 3. The van der Waals surface area contributed by atoms with E-state index in [0.717, 1.165) is 6.07 Å². The Labute approximate surface area is 81.4 Å². The average Bonchev–Trinajstić information content (AvgIpc) is 2.06. The Kier molecular flexibility index (Phi) is 1.81. The van der Waals surface area contributed by atoms with Gasteiger partial charge in [-0.3, -0.25) is 4.79 Å². The first-order valence-electron chi connectivity index (χ1n) is 3.55. The third kappa shape index (κ3) is 1.42. The van der Waals surface area contributed by atoms with Crippen LogP contribution in [0, 0.1) is 0 Å². The summed E-state index contributed by atoms with van der Waals surface area (Å²) < 4.78 is 0.613. The van der Waals surface area contributed by atoms with Gasteiger partial charge in [0.25, 0.3) is 5.56 Å². The van der Waals surface area contributed by atoms with Crippen molar-refractivity contribution < 1.29 is 5.11 Å². The minimum atomic E-state index is -0.339. The van der Waals surface area contributed by atoms with Crippen molar-refractivity contribution >= 4 is 27.0 Å². The largest absolute Gasteiger partial charge is 0.505 e. The quantitative estimate of drug-likeness (QED) is 0.685. The minimum Gasteiger partial charge on any atom is -0.505 e. The summed E-state index contributed by atoms with van der Waals surface area (Å²) in [4.78, 5) is 17.5. The predicted octanol–water partition coefficient (Wildman–Crippen LogP) is 1.39. The standard InChI is InChI=1S/C8H5BrN2O2/c9-6-2-1-4-8(11-6)5(12)3-7(13)10-4/h1-3H,(H2,10,12,13). The van der Waals surface area contributed by atoms with Gasteiger partial charge >= 0.3 is 0 Å². The molecule has 0 aromatic carbocycles. The molecule has 5 heteroatoms. The molecule has 0 amide bonds. The van der Waals surface area contributed by atoms with Crippen molar-refractivity contribution in [2.45, 2.75) is 0 Å². The molecule has 0 saturated carbocycles. The van der Waals surface area contributed by atoms with Crippen molar-refractivity contribution in [3.05, 3.63) is 33.2 Å². The van der Waals surface area contributed by atoms with Gasteiger partial charge in [0.05, 0.1) is 5.52 Å². The highest BCUT2D eigenvalue weighted by molar-refractivity contribution is 9.10. The maximum Gasteiger partial charge on any atom is 0.252 e. The van der Waals surface area contributed by atoms with Gasteiger partial charge in [0, 0.05) is 6.07 Å². The van der Waals surface area contributed by atoms with Crippen LogP contribution in [0.3, 0.4) is 0 Å². The lowest BCUT2D eigenvalue weighted by atomic mass is 10.3. The van der Waals surface area contributed by atoms with Crippen molar-refractivity contribution in [1.82, 2.24) is 9.97 Å². The second-order valence-electron chi connectivity index (χ2n) is 2.55. The minimum absolute atomic E-state index is 0.111. The molecule has 0 bridgehead atoms. The highest BCUT2D eigenvalue weighted by atomic mass is 79.9. The molecule has 2 aromatic rings. The number of fused-ring (bicyclic) bond motifs is 1. The molecule has 2 rings (SSSR count). The molecule has 0 saturated heterocycles. The molecule has 66 valence electrons. The summed E-state index contributed by atoms with van der Waals surface area (Å²) in [5, 5.41) is 9.37. The van der Waals surface area contributed by atoms with Crippen LogP contribution in [0.2, 0.25) is 0 Å². The highest BCUT2D eigenvalue weighted by Crippen LogP contribution is 2.20. The highest BCUT2D eigenvalue weighted by Gasteiger charge is 2.02. The Hall–Kier alpha value is -1.36. The lowest BCUT2D eigenvalue weighted by Crippen LogP contribution is -2.03. The van der Waals surface area contributed by atoms with Gasteiger partial charge in [-0.1, -0.05) is 0 Å². The summed E-state index contributed by atoms with van der Waals surface area (Å²) >= 11 is 3.17. The summed E-state index contributed by atoms with van der Waals surface area (Å²) in [5.74, 6) is -0.111. The molecule has 0 aliphatic heterocycles. The fourth-order valence-corrected chi connectivity index (χ4v) is 1.40. The Balaban J connectivity index is 2.95. The van der Waals surface area contributed by atoms with Gasteiger partial charge in [-0.2, -0.15) is 0 Å². The number of nitrogens with zero attached hydrogens (tertiary/aromatic N) is 1. The lowest BCUT2D eigenvalue weighted by molar-refractivity contribution is 0.479. The third-order valence-electron chi connectivity index (χ3n) is 1.63. The van der Waals surface area contributed by atoms with Gasteiger partial charge < -0.3 is 10.1 Å². The van der Waals surface area contributed by atoms with Gasteiger partial charge in [-0.05, 0) is 28.1 Å². The second kappa shape index (κ2) is 2.85. The zero-order chi connectivity index (χ0) is 9.42. The van der Waals surface area contributed by atoms with Crippen molar-refractivity contribution in [3.63, 3.8) is 0 Å². The number of hydrogen-bond donors (Lipinski definition) is 2. The van der Waals surface area contributed by atoms with Crippen LogP contribution in [0.4, 0.5) is 0 Å². The summed E-state index contributed by atoms with van der Waals surface area (Å²) in [6.45, 7) is 0. The van der Waals surface area contributed by atoms with Crippen LogP contribution in [0.5, 0.6) is 5.75 Å². The van der Waals surface area contributed by atoms with Crippen LogP contribution in [0.15, 0.2) is 27.6 Å². The average molecular weight is 241 g/mol. The normalized spacial score (nSPS) is 10.5. The molecule has 13 heavy (non-hydrogen) atoms. The van der Waals surface area contributed by atoms with Gasteiger partial charge in [-0.15, -0.1) is 0 Å². The Morgan fingerprint density at radius 2 is 2.23 bits per heavy atom. The fraction of sp³-hybridized carbons (Fsp3) is 0. The summed E-state index contributed by atoms with van der Waals surface area (Å²) in [6, 6.07) is 4.47. The Morgan fingerprint density at radius 3 is 3.00 bits per heavy atom. The number of rotatable bonds is 0. The van der Waals surface area contributed by atoms with Crippen LogP contribution in [0.1, 0.15) is 0 Å². The van der Waals surface area contributed by atoms with Gasteiger partial charge in [0.1, 0.15) is 15.9 Å².